The molecule has 0 bridgehead atoms. The van der Waals surface area contributed by atoms with Crippen LogP contribution in [0.5, 0.6) is 0 Å². The van der Waals surface area contributed by atoms with Crippen molar-refractivity contribution in [1.29, 1.82) is 0 Å². The molecule has 0 aliphatic heterocycles. The Kier molecular flexibility index (Phi) is 6.80. The van der Waals surface area contributed by atoms with Crippen molar-refractivity contribution in [2.45, 2.75) is 32.7 Å². The zero-order valence-electron chi connectivity index (χ0n) is 15.5. The number of hydrogen-bond donors (Lipinski definition) is 1. The van der Waals surface area contributed by atoms with E-state index < -0.39 is 10.0 Å². The van der Waals surface area contributed by atoms with Gasteiger partial charge in [0.1, 0.15) is 6.54 Å². The first kappa shape index (κ1) is 20.0. The monoisotopic (exact) mass is 374 g/mol. The molecule has 0 saturated heterocycles. The summed E-state index contributed by atoms with van der Waals surface area (Å²) in [6, 6.07) is 17.1. The number of aryl methyl sites for hydroxylation is 2. The standard InChI is InChI=1S/C20H26N2O3S/c1-16-9-13-19(14-10-16)22(26(3,24)25)15-20(23)21-17(2)11-12-18-7-5-4-6-8-18/h4-10,13-14,17H,11-12,15H2,1-3H3,(H,21,23)/t17-/m1/s1. The maximum atomic E-state index is 12.3. The van der Waals surface area contributed by atoms with Crippen LogP contribution in [0.4, 0.5) is 5.69 Å². The Bertz CT molecular complexity index is 818. The largest absolute Gasteiger partial charge is 0.352 e. The molecule has 140 valence electrons. The molecular formula is C20H26N2O3S. The molecule has 0 spiro atoms. The predicted molar refractivity (Wildman–Crippen MR) is 106 cm³/mol. The molecule has 0 aromatic heterocycles. The second-order valence-electron chi connectivity index (χ2n) is 6.60. The van der Waals surface area contributed by atoms with Crippen molar-refractivity contribution in [2.24, 2.45) is 0 Å². The Morgan fingerprint density at radius 1 is 1.08 bits per heavy atom. The van der Waals surface area contributed by atoms with Crippen LogP contribution in [-0.4, -0.2) is 33.2 Å². The van der Waals surface area contributed by atoms with E-state index in [1.807, 2.05) is 44.2 Å². The summed E-state index contributed by atoms with van der Waals surface area (Å²) in [6.07, 6.45) is 2.76. The number of anilines is 1. The summed E-state index contributed by atoms with van der Waals surface area (Å²) >= 11 is 0. The molecule has 0 aliphatic carbocycles. The molecule has 0 fully saturated rings. The van der Waals surface area contributed by atoms with E-state index in [1.165, 1.54) is 5.56 Å². The fraction of sp³-hybridized carbons (Fsp3) is 0.350. The highest BCUT2D eigenvalue weighted by atomic mass is 32.2. The smallest absolute Gasteiger partial charge is 0.240 e. The number of benzene rings is 2. The first-order chi connectivity index (χ1) is 12.3. The predicted octanol–water partition coefficient (Wildman–Crippen LogP) is 2.90. The number of hydrogen-bond acceptors (Lipinski definition) is 3. The maximum Gasteiger partial charge on any atom is 0.240 e. The Labute approximate surface area is 156 Å². The minimum Gasteiger partial charge on any atom is -0.352 e. The highest BCUT2D eigenvalue weighted by molar-refractivity contribution is 7.92. The van der Waals surface area contributed by atoms with Crippen molar-refractivity contribution in [3.8, 4) is 0 Å². The van der Waals surface area contributed by atoms with E-state index in [2.05, 4.69) is 17.4 Å². The van der Waals surface area contributed by atoms with E-state index >= 15 is 0 Å². The van der Waals surface area contributed by atoms with Gasteiger partial charge in [-0.1, -0.05) is 48.0 Å². The third kappa shape index (κ3) is 6.19. The number of amides is 1. The molecule has 26 heavy (non-hydrogen) atoms. The van der Waals surface area contributed by atoms with Gasteiger partial charge in [0, 0.05) is 6.04 Å². The third-order valence-electron chi connectivity index (χ3n) is 4.13. The summed E-state index contributed by atoms with van der Waals surface area (Å²) in [5, 5.41) is 2.89. The zero-order valence-corrected chi connectivity index (χ0v) is 16.3. The Morgan fingerprint density at radius 2 is 1.69 bits per heavy atom. The number of carbonyl (C=O) groups is 1. The first-order valence-electron chi connectivity index (χ1n) is 8.63. The van der Waals surface area contributed by atoms with Crippen molar-refractivity contribution in [1.82, 2.24) is 5.32 Å². The van der Waals surface area contributed by atoms with Crippen molar-refractivity contribution >= 4 is 21.6 Å². The number of nitrogens with zero attached hydrogens (tertiary/aromatic N) is 1. The van der Waals surface area contributed by atoms with Crippen LogP contribution in [0.2, 0.25) is 0 Å². The van der Waals surface area contributed by atoms with Gasteiger partial charge in [0.05, 0.1) is 11.9 Å². The van der Waals surface area contributed by atoms with Crippen LogP contribution in [0, 0.1) is 6.92 Å². The minimum absolute atomic E-state index is 0.0397. The van der Waals surface area contributed by atoms with Crippen LogP contribution in [0.15, 0.2) is 54.6 Å². The lowest BCUT2D eigenvalue weighted by Crippen LogP contribution is -2.43. The van der Waals surface area contributed by atoms with Gasteiger partial charge in [-0.05, 0) is 44.4 Å². The van der Waals surface area contributed by atoms with Crippen LogP contribution in [0.1, 0.15) is 24.5 Å². The van der Waals surface area contributed by atoms with Crippen LogP contribution in [0.25, 0.3) is 0 Å². The van der Waals surface area contributed by atoms with Crippen molar-refractivity contribution in [3.63, 3.8) is 0 Å². The van der Waals surface area contributed by atoms with Gasteiger partial charge in [-0.15, -0.1) is 0 Å². The van der Waals surface area contributed by atoms with Gasteiger partial charge in [0.25, 0.3) is 0 Å². The van der Waals surface area contributed by atoms with E-state index in [1.54, 1.807) is 12.1 Å². The average molecular weight is 375 g/mol. The summed E-state index contributed by atoms with van der Waals surface area (Å²) in [5.74, 6) is -0.309. The fourth-order valence-electron chi connectivity index (χ4n) is 2.66. The first-order valence-corrected chi connectivity index (χ1v) is 10.5. The van der Waals surface area contributed by atoms with Crippen molar-refractivity contribution < 1.29 is 13.2 Å². The second kappa shape index (κ2) is 8.85. The average Bonchev–Trinajstić information content (AvgIpc) is 2.59. The van der Waals surface area contributed by atoms with Gasteiger partial charge in [-0.2, -0.15) is 0 Å². The Balaban J connectivity index is 1.95. The molecule has 0 aliphatic rings. The van der Waals surface area contributed by atoms with Gasteiger partial charge in [-0.25, -0.2) is 8.42 Å². The number of rotatable bonds is 8. The van der Waals surface area contributed by atoms with E-state index in [-0.39, 0.29) is 18.5 Å². The van der Waals surface area contributed by atoms with Crippen LogP contribution in [-0.2, 0) is 21.2 Å². The molecule has 0 unspecified atom stereocenters. The van der Waals surface area contributed by atoms with Gasteiger partial charge in [-0.3, -0.25) is 9.10 Å². The molecule has 0 heterocycles. The fourth-order valence-corrected chi connectivity index (χ4v) is 3.52. The van der Waals surface area contributed by atoms with Crippen molar-refractivity contribution in [3.05, 3.63) is 65.7 Å². The summed E-state index contributed by atoms with van der Waals surface area (Å²) in [4.78, 5) is 12.3. The van der Waals surface area contributed by atoms with Crippen LogP contribution in [0.3, 0.4) is 0 Å². The van der Waals surface area contributed by atoms with Crippen LogP contribution >= 0.6 is 0 Å². The minimum atomic E-state index is -3.54. The summed E-state index contributed by atoms with van der Waals surface area (Å²) < 4.78 is 25.3. The molecule has 6 heteroatoms. The zero-order chi connectivity index (χ0) is 19.2. The third-order valence-corrected chi connectivity index (χ3v) is 5.27. The highest BCUT2D eigenvalue weighted by Crippen LogP contribution is 2.18. The van der Waals surface area contributed by atoms with Gasteiger partial charge in [0.2, 0.25) is 15.9 Å². The quantitative estimate of drug-likeness (QED) is 0.773. The van der Waals surface area contributed by atoms with Gasteiger partial charge in [0.15, 0.2) is 0 Å². The van der Waals surface area contributed by atoms with Crippen molar-refractivity contribution in [2.75, 3.05) is 17.1 Å². The lowest BCUT2D eigenvalue weighted by Gasteiger charge is -2.23. The lowest BCUT2D eigenvalue weighted by atomic mass is 10.1. The normalized spacial score (nSPS) is 12.4. The maximum absolute atomic E-state index is 12.3. The SMILES string of the molecule is Cc1ccc(N(CC(=O)N[C@H](C)CCc2ccccc2)S(C)(=O)=O)cc1. The van der Waals surface area contributed by atoms with E-state index in [4.69, 9.17) is 0 Å². The van der Waals surface area contributed by atoms with E-state index in [0.717, 1.165) is 29.0 Å². The molecular weight excluding hydrogens is 348 g/mol. The van der Waals surface area contributed by atoms with Gasteiger partial charge < -0.3 is 5.32 Å². The number of carbonyl (C=O) groups excluding carboxylic acids is 1. The molecule has 5 nitrogen and oxygen atoms in total. The molecule has 1 N–H and O–H groups in total. The lowest BCUT2D eigenvalue weighted by molar-refractivity contribution is -0.120. The Morgan fingerprint density at radius 3 is 2.27 bits per heavy atom. The topological polar surface area (TPSA) is 66.5 Å². The molecule has 2 aromatic carbocycles. The van der Waals surface area contributed by atoms with E-state index in [9.17, 15) is 13.2 Å². The molecule has 0 radical (unpaired) electrons. The molecule has 0 saturated carbocycles. The number of nitrogens with one attached hydrogen (secondary N) is 1. The van der Waals surface area contributed by atoms with Crippen LogP contribution < -0.4 is 9.62 Å². The highest BCUT2D eigenvalue weighted by Gasteiger charge is 2.21. The summed E-state index contributed by atoms with van der Waals surface area (Å²) in [6.45, 7) is 3.63. The van der Waals surface area contributed by atoms with Gasteiger partial charge >= 0.3 is 0 Å². The molecule has 2 rings (SSSR count). The van der Waals surface area contributed by atoms with E-state index in [0.29, 0.717) is 5.69 Å². The summed E-state index contributed by atoms with van der Waals surface area (Å²) in [5.41, 5.74) is 2.73. The molecule has 1 amide bonds. The Hall–Kier alpha value is -2.34. The molecule has 2 aromatic rings. The summed E-state index contributed by atoms with van der Waals surface area (Å²) in [7, 11) is -3.54. The second-order valence-corrected chi connectivity index (χ2v) is 8.50. The number of sulfonamides is 1. The molecule has 1 atom stereocenters.